The van der Waals surface area contributed by atoms with Crippen LogP contribution < -0.4 is 10.4 Å². The molecule has 5 nitrogen and oxygen atoms in total. The summed E-state index contributed by atoms with van der Waals surface area (Å²) in [6.45, 7) is 7.11. The quantitative estimate of drug-likeness (QED) is 0.825. The van der Waals surface area contributed by atoms with Gasteiger partial charge in [0, 0.05) is 17.2 Å². The van der Waals surface area contributed by atoms with Crippen molar-refractivity contribution >= 4 is 17.6 Å². The van der Waals surface area contributed by atoms with Crippen molar-refractivity contribution in [2.75, 3.05) is 6.61 Å². The zero-order chi connectivity index (χ0) is 18.7. The molecule has 0 aliphatic carbocycles. The average molecular weight is 346 g/mol. The molecule has 2 rings (SSSR count). The van der Waals surface area contributed by atoms with Gasteiger partial charge in [0.05, 0.1) is 23.8 Å². The zero-order valence-electron chi connectivity index (χ0n) is 14.7. The number of carbonyl (C=O) groups excluding carboxylic acids is 2. The van der Waals surface area contributed by atoms with Gasteiger partial charge in [-0.05, 0) is 49.6 Å². The van der Waals surface area contributed by atoms with Crippen molar-refractivity contribution in [1.29, 1.82) is 0 Å². The van der Waals surface area contributed by atoms with Gasteiger partial charge in [0.25, 0.3) is 0 Å². The molecule has 1 aromatic rings. The molecule has 0 saturated heterocycles. The monoisotopic (exact) mass is 346 g/mol. The smallest absolute Gasteiger partial charge is 0.336 e. The van der Waals surface area contributed by atoms with Crippen LogP contribution in [0.2, 0.25) is 0 Å². The Bertz CT molecular complexity index is 747. The summed E-state index contributed by atoms with van der Waals surface area (Å²) in [6.07, 6.45) is 0. The molecular formula is C19H21FNO4-. The highest BCUT2D eigenvalue weighted by Gasteiger charge is 2.36. The summed E-state index contributed by atoms with van der Waals surface area (Å²) in [5, 5.41) is 14.6. The van der Waals surface area contributed by atoms with E-state index in [1.54, 1.807) is 13.8 Å². The van der Waals surface area contributed by atoms with Gasteiger partial charge in [0.1, 0.15) is 5.82 Å². The molecule has 134 valence electrons. The van der Waals surface area contributed by atoms with E-state index >= 15 is 0 Å². The number of carboxylic acid groups (broad SMARTS) is 1. The molecule has 1 aromatic carbocycles. The maximum Gasteiger partial charge on any atom is 0.336 e. The molecule has 1 N–H and O–H groups in total. The summed E-state index contributed by atoms with van der Waals surface area (Å²) in [6, 6.07) is 5.63. The van der Waals surface area contributed by atoms with Crippen LogP contribution in [-0.4, -0.2) is 18.5 Å². The highest BCUT2D eigenvalue weighted by Crippen LogP contribution is 2.38. The third-order valence-corrected chi connectivity index (χ3v) is 4.12. The van der Waals surface area contributed by atoms with Crippen LogP contribution in [0.25, 0.3) is 5.70 Å². The second-order valence-corrected chi connectivity index (χ2v) is 6.19. The average Bonchev–Trinajstić information content (AvgIpc) is 2.54. The number of halogens is 1. The molecule has 25 heavy (non-hydrogen) atoms. The lowest BCUT2D eigenvalue weighted by atomic mass is 9.77. The number of allylic oxidation sites excluding steroid dienone is 1. The Hall–Kier alpha value is -2.63. The Kier molecular flexibility index (Phi) is 5.62. The number of hydrogen-bond acceptors (Lipinski definition) is 5. The van der Waals surface area contributed by atoms with Crippen molar-refractivity contribution in [3.05, 3.63) is 52.5 Å². The minimum atomic E-state index is -1.33. The summed E-state index contributed by atoms with van der Waals surface area (Å²) < 4.78 is 18.4. The van der Waals surface area contributed by atoms with Gasteiger partial charge in [-0.2, -0.15) is 0 Å². The molecule has 0 fully saturated rings. The molecule has 1 heterocycles. The summed E-state index contributed by atoms with van der Waals surface area (Å²) in [7, 11) is 0. The third kappa shape index (κ3) is 3.73. The maximum absolute atomic E-state index is 13.3. The number of esters is 1. The minimum absolute atomic E-state index is 0.0314. The van der Waals surface area contributed by atoms with Gasteiger partial charge in [-0.3, -0.25) is 0 Å². The highest BCUT2D eigenvalue weighted by molar-refractivity contribution is 6.03. The first-order valence-corrected chi connectivity index (χ1v) is 8.14. The predicted octanol–water partition coefficient (Wildman–Crippen LogP) is 2.00. The second kappa shape index (κ2) is 7.51. The molecule has 0 radical (unpaired) electrons. The van der Waals surface area contributed by atoms with Gasteiger partial charge >= 0.3 is 5.97 Å². The van der Waals surface area contributed by atoms with Crippen molar-refractivity contribution in [3.63, 3.8) is 0 Å². The van der Waals surface area contributed by atoms with E-state index in [2.05, 4.69) is 5.32 Å². The number of dihydropyridines is 1. The molecule has 0 bridgehead atoms. The summed E-state index contributed by atoms with van der Waals surface area (Å²) in [5.41, 5.74) is 1.65. The molecule has 1 aliphatic rings. The van der Waals surface area contributed by atoms with E-state index in [1.807, 2.05) is 13.8 Å². The largest absolute Gasteiger partial charge is 0.545 e. The molecule has 6 heteroatoms. The lowest BCUT2D eigenvalue weighted by Crippen LogP contribution is -2.40. The summed E-state index contributed by atoms with van der Waals surface area (Å²) in [4.78, 5) is 24.3. The van der Waals surface area contributed by atoms with Gasteiger partial charge in [-0.15, -0.1) is 0 Å². The van der Waals surface area contributed by atoms with Crippen LogP contribution in [0.15, 0.2) is 41.1 Å². The summed E-state index contributed by atoms with van der Waals surface area (Å²) in [5.74, 6) is -3.20. The van der Waals surface area contributed by atoms with E-state index < -0.39 is 23.7 Å². The Morgan fingerprint density at radius 1 is 1.24 bits per heavy atom. The molecule has 0 saturated carbocycles. The van der Waals surface area contributed by atoms with E-state index in [0.29, 0.717) is 17.0 Å². The second-order valence-electron chi connectivity index (χ2n) is 6.19. The van der Waals surface area contributed by atoms with E-state index in [4.69, 9.17) is 4.74 Å². The number of aliphatic carboxylic acids is 1. The first-order valence-electron chi connectivity index (χ1n) is 8.14. The van der Waals surface area contributed by atoms with Crippen LogP contribution in [0, 0.1) is 17.7 Å². The first kappa shape index (κ1) is 18.7. The van der Waals surface area contributed by atoms with E-state index in [-0.39, 0.29) is 23.7 Å². The number of hydrogen-bond donors (Lipinski definition) is 1. The number of carbonyl (C=O) groups is 2. The number of benzene rings is 1. The lowest BCUT2D eigenvalue weighted by molar-refractivity contribution is -0.300. The standard InChI is InChI=1S/C19H22FNO4/c1-5-25-19(24)16-14(10(2)3)15(18(22)23)11(4)21-17(16)12-6-8-13(20)9-7-12/h6-10,14,21H,5H2,1-4H3,(H,22,23)/p-1. The fourth-order valence-corrected chi connectivity index (χ4v) is 3.08. The van der Waals surface area contributed by atoms with Crippen LogP contribution in [0.5, 0.6) is 0 Å². The van der Waals surface area contributed by atoms with E-state index in [0.717, 1.165) is 0 Å². The number of rotatable bonds is 5. The van der Waals surface area contributed by atoms with Crippen molar-refractivity contribution in [1.82, 2.24) is 5.32 Å². The molecular weight excluding hydrogens is 325 g/mol. The van der Waals surface area contributed by atoms with Crippen LogP contribution in [-0.2, 0) is 14.3 Å². The molecule has 0 spiro atoms. The first-order chi connectivity index (χ1) is 11.8. The number of nitrogens with one attached hydrogen (secondary N) is 1. The maximum atomic E-state index is 13.3. The Balaban J connectivity index is 2.70. The van der Waals surface area contributed by atoms with Gasteiger partial charge in [-0.25, -0.2) is 9.18 Å². The highest BCUT2D eigenvalue weighted by atomic mass is 19.1. The normalized spacial score (nSPS) is 17.6. The SMILES string of the molecule is CCOC(=O)C1=C(c2ccc(F)cc2)NC(C)=C(C(=O)[O-])C1C(C)C. The number of ether oxygens (including phenoxy) is 1. The van der Waals surface area contributed by atoms with Crippen molar-refractivity contribution in [2.45, 2.75) is 27.7 Å². The van der Waals surface area contributed by atoms with Gasteiger partial charge in [-0.1, -0.05) is 13.8 Å². The third-order valence-electron chi connectivity index (χ3n) is 4.12. The van der Waals surface area contributed by atoms with Crippen LogP contribution >= 0.6 is 0 Å². The van der Waals surface area contributed by atoms with Gasteiger partial charge < -0.3 is 20.0 Å². The van der Waals surface area contributed by atoms with Crippen LogP contribution in [0.3, 0.4) is 0 Å². The van der Waals surface area contributed by atoms with Crippen molar-refractivity contribution < 1.29 is 23.8 Å². The van der Waals surface area contributed by atoms with Crippen LogP contribution in [0.1, 0.15) is 33.3 Å². The Labute approximate surface area is 146 Å². The number of carboxylic acids is 1. The Morgan fingerprint density at radius 3 is 2.32 bits per heavy atom. The fourth-order valence-electron chi connectivity index (χ4n) is 3.08. The van der Waals surface area contributed by atoms with Gasteiger partial charge in [0.15, 0.2) is 0 Å². The van der Waals surface area contributed by atoms with Crippen molar-refractivity contribution in [3.8, 4) is 0 Å². The summed E-state index contributed by atoms with van der Waals surface area (Å²) >= 11 is 0. The van der Waals surface area contributed by atoms with E-state index in [9.17, 15) is 19.1 Å². The zero-order valence-corrected chi connectivity index (χ0v) is 14.7. The molecule has 1 aliphatic heterocycles. The molecule has 0 aromatic heterocycles. The molecule has 0 amide bonds. The molecule has 1 unspecified atom stereocenters. The minimum Gasteiger partial charge on any atom is -0.545 e. The van der Waals surface area contributed by atoms with E-state index in [1.165, 1.54) is 24.3 Å². The van der Waals surface area contributed by atoms with Crippen molar-refractivity contribution in [2.24, 2.45) is 11.8 Å². The topological polar surface area (TPSA) is 78.5 Å². The fraction of sp³-hybridized carbons (Fsp3) is 0.368. The lowest BCUT2D eigenvalue weighted by Gasteiger charge is -2.35. The predicted molar refractivity (Wildman–Crippen MR) is 89.1 cm³/mol. The molecule has 1 atom stereocenters. The van der Waals surface area contributed by atoms with Gasteiger partial charge in [0.2, 0.25) is 0 Å². The van der Waals surface area contributed by atoms with Crippen LogP contribution in [0.4, 0.5) is 4.39 Å². The Morgan fingerprint density at radius 2 is 1.84 bits per heavy atom.